The fourth-order valence-corrected chi connectivity index (χ4v) is 3.34. The van der Waals surface area contributed by atoms with Gasteiger partial charge in [-0.15, -0.1) is 0 Å². The Labute approximate surface area is 166 Å². The summed E-state index contributed by atoms with van der Waals surface area (Å²) in [5.74, 6) is 0.505. The highest BCUT2D eigenvalue weighted by Gasteiger charge is 2.13. The van der Waals surface area contributed by atoms with Crippen molar-refractivity contribution in [1.82, 2.24) is 19.4 Å². The van der Waals surface area contributed by atoms with Gasteiger partial charge in [0.25, 0.3) is 5.56 Å². The van der Waals surface area contributed by atoms with Gasteiger partial charge in [0, 0.05) is 0 Å². The highest BCUT2D eigenvalue weighted by molar-refractivity contribution is 6.32. The molecule has 4 rings (SSSR count). The summed E-state index contributed by atoms with van der Waals surface area (Å²) in [6, 6.07) is 17.2. The fraction of sp³-hybridized carbons (Fsp3) is 0.143. The second-order valence-corrected chi connectivity index (χ2v) is 6.83. The number of nitrogens with zero attached hydrogens (tertiary/aromatic N) is 5. The molecule has 0 aliphatic rings. The first kappa shape index (κ1) is 18.1. The van der Waals surface area contributed by atoms with Crippen molar-refractivity contribution < 1.29 is 0 Å². The van der Waals surface area contributed by atoms with E-state index in [-0.39, 0.29) is 5.56 Å². The van der Waals surface area contributed by atoms with Gasteiger partial charge in [-0.05, 0) is 31.5 Å². The number of benzene rings is 2. The second-order valence-electron chi connectivity index (χ2n) is 6.47. The molecule has 0 N–H and O–H groups in total. The molecule has 7 heteroatoms. The van der Waals surface area contributed by atoms with E-state index in [1.165, 1.54) is 4.68 Å². The predicted molar refractivity (Wildman–Crippen MR) is 111 cm³/mol. The minimum Gasteiger partial charge on any atom is -0.267 e. The third kappa shape index (κ3) is 3.34. The van der Waals surface area contributed by atoms with Crippen LogP contribution >= 0.6 is 11.6 Å². The fourth-order valence-electron chi connectivity index (χ4n) is 3.06. The number of hydrogen-bond donors (Lipinski definition) is 0. The van der Waals surface area contributed by atoms with E-state index in [4.69, 9.17) is 11.6 Å². The molecule has 0 saturated carbocycles. The molecule has 2 heterocycles. The van der Waals surface area contributed by atoms with Crippen LogP contribution in [-0.2, 0) is 6.54 Å². The maximum Gasteiger partial charge on any atom is 0.282 e. The van der Waals surface area contributed by atoms with Gasteiger partial charge in [-0.3, -0.25) is 4.79 Å². The molecule has 0 bridgehead atoms. The van der Waals surface area contributed by atoms with Crippen LogP contribution in [0.2, 0.25) is 5.15 Å². The summed E-state index contributed by atoms with van der Waals surface area (Å²) in [5.41, 5.74) is 2.95. The molecule has 0 radical (unpaired) electrons. The zero-order valence-electron chi connectivity index (χ0n) is 15.5. The molecular weight excluding hydrogens is 374 g/mol. The number of halogens is 1. The summed E-state index contributed by atoms with van der Waals surface area (Å²) in [6.45, 7) is 4.17. The van der Waals surface area contributed by atoms with E-state index >= 15 is 0 Å². The second kappa shape index (κ2) is 7.40. The van der Waals surface area contributed by atoms with E-state index in [1.807, 2.05) is 55.5 Å². The van der Waals surface area contributed by atoms with Gasteiger partial charge >= 0.3 is 0 Å². The maximum atomic E-state index is 12.7. The van der Waals surface area contributed by atoms with Crippen molar-refractivity contribution >= 4 is 28.7 Å². The van der Waals surface area contributed by atoms with Crippen molar-refractivity contribution in [2.75, 3.05) is 0 Å². The Hall–Kier alpha value is -3.25. The Kier molecular flexibility index (Phi) is 4.79. The van der Waals surface area contributed by atoms with Crippen LogP contribution in [0.3, 0.4) is 0 Å². The maximum absolute atomic E-state index is 12.7. The molecule has 28 heavy (non-hydrogen) atoms. The van der Waals surface area contributed by atoms with E-state index < -0.39 is 0 Å². The molecule has 0 aliphatic heterocycles. The summed E-state index contributed by atoms with van der Waals surface area (Å²) < 4.78 is 3.01. The molecule has 0 amide bonds. The molecule has 0 aliphatic carbocycles. The van der Waals surface area contributed by atoms with Crippen LogP contribution in [0.1, 0.15) is 22.6 Å². The zero-order valence-corrected chi connectivity index (χ0v) is 16.3. The number of fused-ring (bicyclic) bond motifs is 1. The Bertz CT molecular complexity index is 1240. The Morgan fingerprint density at radius 1 is 1.07 bits per heavy atom. The topological polar surface area (TPSA) is 65.1 Å². The zero-order chi connectivity index (χ0) is 19.7. The van der Waals surface area contributed by atoms with Crippen LogP contribution in [0, 0.1) is 13.8 Å². The standard InChI is InChI=1S/C21H18ClN5O/c1-14-18(20(22)26(25-14)13-16-8-4-3-5-9-16)12-23-27-15(2)24-19-11-7-6-10-17(19)21(27)28/h3-12H,13H2,1-2H3. The lowest BCUT2D eigenvalue weighted by Gasteiger charge is -2.05. The molecule has 0 saturated heterocycles. The van der Waals surface area contributed by atoms with E-state index in [9.17, 15) is 4.79 Å². The quantitative estimate of drug-likeness (QED) is 0.497. The monoisotopic (exact) mass is 391 g/mol. The van der Waals surface area contributed by atoms with Crippen LogP contribution in [-0.4, -0.2) is 25.7 Å². The van der Waals surface area contributed by atoms with E-state index in [0.717, 1.165) is 11.3 Å². The van der Waals surface area contributed by atoms with Crippen molar-refractivity contribution in [1.29, 1.82) is 0 Å². The van der Waals surface area contributed by atoms with Crippen molar-refractivity contribution in [2.45, 2.75) is 20.4 Å². The van der Waals surface area contributed by atoms with Gasteiger partial charge in [0.1, 0.15) is 11.0 Å². The van der Waals surface area contributed by atoms with E-state index in [2.05, 4.69) is 15.2 Å². The molecular formula is C21H18ClN5O. The molecule has 4 aromatic rings. The summed E-state index contributed by atoms with van der Waals surface area (Å²) >= 11 is 6.53. The first-order chi connectivity index (χ1) is 13.5. The Balaban J connectivity index is 1.71. The largest absolute Gasteiger partial charge is 0.282 e. The van der Waals surface area contributed by atoms with Gasteiger partial charge in [0.2, 0.25) is 0 Å². The van der Waals surface area contributed by atoms with Crippen molar-refractivity contribution in [3.63, 3.8) is 0 Å². The lowest BCUT2D eigenvalue weighted by molar-refractivity contribution is 0.680. The van der Waals surface area contributed by atoms with Crippen LogP contribution in [0.5, 0.6) is 0 Å². The van der Waals surface area contributed by atoms with E-state index in [0.29, 0.717) is 34.0 Å². The Morgan fingerprint density at radius 3 is 2.57 bits per heavy atom. The number of hydrogen-bond acceptors (Lipinski definition) is 4. The average molecular weight is 392 g/mol. The lowest BCUT2D eigenvalue weighted by Crippen LogP contribution is -2.20. The average Bonchev–Trinajstić information content (AvgIpc) is 2.96. The minimum absolute atomic E-state index is 0.218. The predicted octanol–water partition coefficient (Wildman–Crippen LogP) is 3.79. The van der Waals surface area contributed by atoms with Crippen LogP contribution < -0.4 is 5.56 Å². The first-order valence-electron chi connectivity index (χ1n) is 8.84. The first-order valence-corrected chi connectivity index (χ1v) is 9.22. The number of para-hydroxylation sites is 1. The van der Waals surface area contributed by atoms with Crippen molar-refractivity contribution in [2.24, 2.45) is 5.10 Å². The van der Waals surface area contributed by atoms with Crippen molar-refractivity contribution in [3.05, 3.63) is 92.7 Å². The van der Waals surface area contributed by atoms with Gasteiger partial charge in [-0.1, -0.05) is 54.1 Å². The highest BCUT2D eigenvalue weighted by atomic mass is 35.5. The molecule has 0 unspecified atom stereocenters. The normalized spacial score (nSPS) is 11.5. The molecule has 0 atom stereocenters. The van der Waals surface area contributed by atoms with Gasteiger partial charge in [0.15, 0.2) is 0 Å². The summed E-state index contributed by atoms with van der Waals surface area (Å²) in [6.07, 6.45) is 1.57. The minimum atomic E-state index is -0.218. The van der Waals surface area contributed by atoms with Crippen LogP contribution in [0.15, 0.2) is 64.5 Å². The van der Waals surface area contributed by atoms with Gasteiger partial charge in [-0.25, -0.2) is 9.67 Å². The van der Waals surface area contributed by atoms with E-state index in [1.54, 1.807) is 23.9 Å². The lowest BCUT2D eigenvalue weighted by atomic mass is 10.2. The third-order valence-electron chi connectivity index (χ3n) is 4.50. The van der Waals surface area contributed by atoms with Gasteiger partial charge < -0.3 is 0 Å². The van der Waals surface area contributed by atoms with Gasteiger partial charge in [-0.2, -0.15) is 14.9 Å². The van der Waals surface area contributed by atoms with Crippen LogP contribution in [0.25, 0.3) is 10.9 Å². The summed E-state index contributed by atoms with van der Waals surface area (Å²) in [7, 11) is 0. The molecule has 6 nitrogen and oxygen atoms in total. The SMILES string of the molecule is Cc1nn(Cc2ccccc2)c(Cl)c1C=Nn1c(C)nc2ccccc2c1=O. The van der Waals surface area contributed by atoms with Crippen molar-refractivity contribution in [3.8, 4) is 0 Å². The molecule has 2 aromatic carbocycles. The number of aromatic nitrogens is 4. The number of rotatable bonds is 4. The molecule has 0 fully saturated rings. The van der Waals surface area contributed by atoms with Crippen LogP contribution in [0.4, 0.5) is 0 Å². The van der Waals surface area contributed by atoms with Gasteiger partial charge in [0.05, 0.1) is 34.9 Å². The Morgan fingerprint density at radius 2 is 1.79 bits per heavy atom. The molecule has 0 spiro atoms. The molecule has 140 valence electrons. The smallest absolute Gasteiger partial charge is 0.267 e. The third-order valence-corrected chi connectivity index (χ3v) is 4.90. The molecule has 2 aromatic heterocycles. The summed E-state index contributed by atoms with van der Waals surface area (Å²) in [5, 5.41) is 9.85. The summed E-state index contributed by atoms with van der Waals surface area (Å²) in [4.78, 5) is 17.2. The number of aryl methyl sites for hydroxylation is 2. The highest BCUT2D eigenvalue weighted by Crippen LogP contribution is 2.19.